The third kappa shape index (κ3) is 2.02. The van der Waals surface area contributed by atoms with Gasteiger partial charge in [-0.25, -0.2) is 4.79 Å². The Balaban J connectivity index is 1.86. The molecule has 3 fully saturated rings. The lowest BCUT2D eigenvalue weighted by Crippen LogP contribution is -2.52. The van der Waals surface area contributed by atoms with Crippen LogP contribution < -0.4 is 0 Å². The summed E-state index contributed by atoms with van der Waals surface area (Å²) in [5.74, 6) is 1.50. The Labute approximate surface area is 85.4 Å². The first-order valence-corrected chi connectivity index (χ1v) is 5.42. The van der Waals surface area contributed by atoms with Gasteiger partial charge < -0.3 is 9.64 Å². The number of rotatable bonds is 0. The van der Waals surface area contributed by atoms with Crippen LogP contribution in [0.4, 0.5) is 4.79 Å². The van der Waals surface area contributed by atoms with E-state index in [2.05, 4.69) is 0 Å². The summed E-state index contributed by atoms with van der Waals surface area (Å²) in [6.45, 7) is 7.55. The largest absolute Gasteiger partial charge is 0.444 e. The van der Waals surface area contributed by atoms with Crippen LogP contribution in [0.5, 0.6) is 0 Å². The van der Waals surface area contributed by atoms with Gasteiger partial charge >= 0.3 is 6.09 Å². The monoisotopic (exact) mass is 197 g/mol. The lowest BCUT2D eigenvalue weighted by Gasteiger charge is -2.47. The zero-order valence-corrected chi connectivity index (χ0v) is 9.25. The SMILES string of the molecule is CC(C)(C)OC(=O)N1CC2CC(C2)C1. The van der Waals surface area contributed by atoms with E-state index in [0.29, 0.717) is 0 Å². The molecule has 1 saturated carbocycles. The predicted molar refractivity (Wildman–Crippen MR) is 54.0 cm³/mol. The van der Waals surface area contributed by atoms with Crippen molar-refractivity contribution in [3.63, 3.8) is 0 Å². The van der Waals surface area contributed by atoms with E-state index in [0.717, 1.165) is 24.9 Å². The quantitative estimate of drug-likeness (QED) is 0.596. The number of hydrogen-bond donors (Lipinski definition) is 0. The van der Waals surface area contributed by atoms with E-state index >= 15 is 0 Å². The van der Waals surface area contributed by atoms with E-state index < -0.39 is 0 Å². The minimum atomic E-state index is -0.362. The highest BCUT2D eigenvalue weighted by molar-refractivity contribution is 5.68. The van der Waals surface area contributed by atoms with E-state index in [9.17, 15) is 4.79 Å². The molecule has 3 nitrogen and oxygen atoms in total. The molecule has 3 rings (SSSR count). The third-order valence-electron chi connectivity index (χ3n) is 2.94. The highest BCUT2D eigenvalue weighted by Gasteiger charge is 2.39. The Morgan fingerprint density at radius 3 is 2.14 bits per heavy atom. The molecule has 1 aliphatic carbocycles. The van der Waals surface area contributed by atoms with Crippen molar-refractivity contribution in [3.8, 4) is 0 Å². The molecule has 0 aromatic rings. The number of piperidine rings is 2. The van der Waals surface area contributed by atoms with Gasteiger partial charge in [0.05, 0.1) is 0 Å². The zero-order valence-electron chi connectivity index (χ0n) is 9.25. The molecule has 0 radical (unpaired) electrons. The van der Waals surface area contributed by atoms with Crippen molar-refractivity contribution in [3.05, 3.63) is 0 Å². The van der Waals surface area contributed by atoms with E-state index in [4.69, 9.17) is 4.74 Å². The number of amides is 1. The van der Waals surface area contributed by atoms with Crippen molar-refractivity contribution >= 4 is 6.09 Å². The summed E-state index contributed by atoms with van der Waals surface area (Å²) in [5.41, 5.74) is -0.362. The van der Waals surface area contributed by atoms with Crippen LogP contribution in [0.1, 0.15) is 33.6 Å². The topological polar surface area (TPSA) is 29.5 Å². The number of fused-ring (bicyclic) bond motifs is 2. The van der Waals surface area contributed by atoms with Gasteiger partial charge in [0.1, 0.15) is 5.60 Å². The normalized spacial score (nSPS) is 30.9. The maximum absolute atomic E-state index is 11.7. The van der Waals surface area contributed by atoms with Crippen molar-refractivity contribution in [2.24, 2.45) is 11.8 Å². The number of carbonyl (C=O) groups excluding carboxylic acids is 1. The summed E-state index contributed by atoms with van der Waals surface area (Å²) in [5, 5.41) is 0. The van der Waals surface area contributed by atoms with Crippen LogP contribution in [0.25, 0.3) is 0 Å². The Morgan fingerprint density at radius 2 is 1.71 bits per heavy atom. The lowest BCUT2D eigenvalue weighted by molar-refractivity contribution is -0.0159. The molecule has 0 atom stereocenters. The van der Waals surface area contributed by atoms with Gasteiger partial charge in [-0.3, -0.25) is 0 Å². The lowest BCUT2D eigenvalue weighted by atomic mass is 9.71. The molecular formula is C11H19NO2. The molecule has 80 valence electrons. The molecule has 2 saturated heterocycles. The van der Waals surface area contributed by atoms with Gasteiger partial charge in [-0.05, 0) is 45.4 Å². The first-order valence-electron chi connectivity index (χ1n) is 5.42. The summed E-state index contributed by atoms with van der Waals surface area (Å²) < 4.78 is 5.33. The second-order valence-electron chi connectivity index (χ2n) is 5.59. The van der Waals surface area contributed by atoms with E-state index in [-0.39, 0.29) is 11.7 Å². The first-order chi connectivity index (χ1) is 6.44. The highest BCUT2D eigenvalue weighted by atomic mass is 16.6. The second-order valence-corrected chi connectivity index (χ2v) is 5.59. The number of nitrogens with zero attached hydrogens (tertiary/aromatic N) is 1. The van der Waals surface area contributed by atoms with Gasteiger partial charge in [-0.2, -0.15) is 0 Å². The molecule has 2 aliphatic heterocycles. The summed E-state index contributed by atoms with van der Waals surface area (Å²) >= 11 is 0. The molecule has 0 N–H and O–H groups in total. The minimum Gasteiger partial charge on any atom is -0.444 e. The fourth-order valence-electron chi connectivity index (χ4n) is 2.35. The average molecular weight is 197 g/mol. The van der Waals surface area contributed by atoms with Gasteiger partial charge in [0.15, 0.2) is 0 Å². The molecule has 3 heteroatoms. The fraction of sp³-hybridized carbons (Fsp3) is 0.909. The third-order valence-corrected chi connectivity index (χ3v) is 2.94. The predicted octanol–water partition coefficient (Wildman–Crippen LogP) is 2.26. The number of hydrogen-bond acceptors (Lipinski definition) is 2. The van der Waals surface area contributed by atoms with E-state index in [1.165, 1.54) is 12.8 Å². The van der Waals surface area contributed by atoms with Crippen LogP contribution in [0.3, 0.4) is 0 Å². The molecule has 0 aromatic carbocycles. The van der Waals surface area contributed by atoms with Crippen LogP contribution in [-0.4, -0.2) is 29.7 Å². The molecule has 3 aliphatic rings. The number of ether oxygens (including phenoxy) is 1. The fourth-order valence-corrected chi connectivity index (χ4v) is 2.35. The maximum atomic E-state index is 11.7. The molecular weight excluding hydrogens is 178 g/mol. The zero-order chi connectivity index (χ0) is 10.3. The van der Waals surface area contributed by atoms with Crippen molar-refractivity contribution in [2.45, 2.75) is 39.2 Å². The summed E-state index contributed by atoms with van der Waals surface area (Å²) in [6, 6.07) is 0. The molecule has 0 spiro atoms. The van der Waals surface area contributed by atoms with Crippen LogP contribution in [0.15, 0.2) is 0 Å². The van der Waals surface area contributed by atoms with Crippen molar-refractivity contribution in [1.82, 2.24) is 4.90 Å². The van der Waals surface area contributed by atoms with Gasteiger partial charge in [0.25, 0.3) is 0 Å². The molecule has 2 bridgehead atoms. The molecule has 0 aromatic heterocycles. The van der Waals surface area contributed by atoms with Gasteiger partial charge in [-0.1, -0.05) is 0 Å². The van der Waals surface area contributed by atoms with Crippen LogP contribution >= 0.6 is 0 Å². The Kier molecular flexibility index (Phi) is 2.20. The van der Waals surface area contributed by atoms with Gasteiger partial charge in [0, 0.05) is 13.1 Å². The number of carbonyl (C=O) groups is 1. The molecule has 0 unspecified atom stereocenters. The van der Waals surface area contributed by atoms with Gasteiger partial charge in [0.2, 0.25) is 0 Å². The van der Waals surface area contributed by atoms with Crippen molar-refractivity contribution in [2.75, 3.05) is 13.1 Å². The Hall–Kier alpha value is -0.730. The smallest absolute Gasteiger partial charge is 0.410 e. The van der Waals surface area contributed by atoms with Crippen LogP contribution in [0.2, 0.25) is 0 Å². The standard InChI is InChI=1S/C11H19NO2/c1-11(2,3)14-10(13)12-6-8-4-9(5-8)7-12/h8-9H,4-7H2,1-3H3. The molecule has 2 heterocycles. The molecule has 14 heavy (non-hydrogen) atoms. The van der Waals surface area contributed by atoms with Crippen molar-refractivity contribution < 1.29 is 9.53 Å². The van der Waals surface area contributed by atoms with Crippen LogP contribution in [-0.2, 0) is 4.74 Å². The Bertz CT molecular complexity index is 228. The average Bonchev–Trinajstić information content (AvgIpc) is 2.00. The van der Waals surface area contributed by atoms with Gasteiger partial charge in [-0.15, -0.1) is 0 Å². The first kappa shape index (κ1) is 9.81. The maximum Gasteiger partial charge on any atom is 0.410 e. The van der Waals surface area contributed by atoms with Crippen LogP contribution in [0, 0.1) is 11.8 Å². The second kappa shape index (κ2) is 3.14. The Morgan fingerprint density at radius 1 is 1.21 bits per heavy atom. The van der Waals surface area contributed by atoms with E-state index in [1.54, 1.807) is 0 Å². The van der Waals surface area contributed by atoms with Crippen molar-refractivity contribution in [1.29, 1.82) is 0 Å². The molecule has 1 amide bonds. The van der Waals surface area contributed by atoms with E-state index in [1.807, 2.05) is 25.7 Å². The minimum absolute atomic E-state index is 0.132. The highest BCUT2D eigenvalue weighted by Crippen LogP contribution is 2.39. The summed E-state index contributed by atoms with van der Waals surface area (Å²) in [4.78, 5) is 13.6. The summed E-state index contributed by atoms with van der Waals surface area (Å²) in [6.07, 6.45) is 2.50. The summed E-state index contributed by atoms with van der Waals surface area (Å²) in [7, 11) is 0.